The summed E-state index contributed by atoms with van der Waals surface area (Å²) in [6, 6.07) is 10.5. The Kier molecular flexibility index (Phi) is 6.04. The van der Waals surface area contributed by atoms with Gasteiger partial charge in [-0.3, -0.25) is 14.9 Å². The Morgan fingerprint density at radius 1 is 1.00 bits per heavy atom. The average Bonchev–Trinajstić information content (AvgIpc) is 3.51. The summed E-state index contributed by atoms with van der Waals surface area (Å²) in [6.45, 7) is 2.12. The van der Waals surface area contributed by atoms with E-state index in [1.807, 2.05) is 45.3 Å². The van der Waals surface area contributed by atoms with Crippen LogP contribution in [0.5, 0.6) is 0 Å². The number of hydrogen-bond acceptors (Lipinski definition) is 7. The maximum absolute atomic E-state index is 14.1. The van der Waals surface area contributed by atoms with Crippen LogP contribution >= 0.6 is 0 Å². The maximum Gasteiger partial charge on any atom is 0.238 e. The fraction of sp³-hybridized carbons (Fsp3) is 0.143. The van der Waals surface area contributed by atoms with Gasteiger partial charge in [-0.05, 0) is 62.5 Å². The summed E-state index contributed by atoms with van der Waals surface area (Å²) in [7, 11) is 3.66. The van der Waals surface area contributed by atoms with Gasteiger partial charge in [-0.25, -0.2) is 19.3 Å². The highest BCUT2D eigenvalue weighted by atomic mass is 19.1. The lowest BCUT2D eigenvalue weighted by Gasteiger charge is -2.10. The smallest absolute Gasteiger partial charge is 0.238 e. The molecular weight excluding hydrogens is 497 g/mol. The number of hydrogen-bond donors (Lipinski definition) is 3. The van der Waals surface area contributed by atoms with Crippen LogP contribution in [0.15, 0.2) is 61.2 Å². The summed E-state index contributed by atoms with van der Waals surface area (Å²) in [4.78, 5) is 35.2. The van der Waals surface area contributed by atoms with Gasteiger partial charge in [0.05, 0.1) is 29.3 Å². The molecule has 0 spiro atoms. The van der Waals surface area contributed by atoms with Gasteiger partial charge in [-0.1, -0.05) is 6.07 Å². The van der Waals surface area contributed by atoms with Crippen molar-refractivity contribution in [2.24, 2.45) is 0 Å². The Balaban J connectivity index is 1.39. The topological polar surface area (TPSA) is 128 Å². The van der Waals surface area contributed by atoms with Crippen molar-refractivity contribution in [2.45, 2.75) is 6.92 Å². The number of aromatic nitrogens is 7. The van der Waals surface area contributed by atoms with E-state index >= 15 is 0 Å². The molecule has 0 aliphatic rings. The predicted octanol–water partition coefficient (Wildman–Crippen LogP) is 4.57. The number of likely N-dealkylation sites (N-methyl/N-ethyl adjacent to an activating group) is 1. The Morgan fingerprint density at radius 2 is 1.85 bits per heavy atom. The molecule has 0 aliphatic carbocycles. The van der Waals surface area contributed by atoms with Gasteiger partial charge < -0.3 is 15.2 Å². The number of H-pyrrole nitrogens is 2. The van der Waals surface area contributed by atoms with E-state index in [1.54, 1.807) is 29.7 Å². The molecule has 0 saturated carbocycles. The Morgan fingerprint density at radius 3 is 2.67 bits per heavy atom. The van der Waals surface area contributed by atoms with Crippen LogP contribution in [-0.2, 0) is 4.79 Å². The third kappa shape index (κ3) is 4.82. The van der Waals surface area contributed by atoms with Crippen molar-refractivity contribution >= 4 is 33.8 Å². The van der Waals surface area contributed by atoms with Crippen LogP contribution in [0.2, 0.25) is 0 Å². The van der Waals surface area contributed by atoms with Gasteiger partial charge in [0.1, 0.15) is 11.5 Å². The van der Waals surface area contributed by atoms with Gasteiger partial charge in [-0.2, -0.15) is 5.10 Å². The van der Waals surface area contributed by atoms with Crippen LogP contribution in [0.1, 0.15) is 5.56 Å². The van der Waals surface area contributed by atoms with Crippen LogP contribution in [0.25, 0.3) is 56.0 Å². The second-order valence-corrected chi connectivity index (χ2v) is 9.60. The number of carbonyl (C=O) groups excluding carboxylic acids is 1. The van der Waals surface area contributed by atoms with Crippen molar-refractivity contribution in [1.82, 2.24) is 40.0 Å². The molecule has 0 atom stereocenters. The first-order valence-electron chi connectivity index (χ1n) is 12.2. The van der Waals surface area contributed by atoms with Gasteiger partial charge in [0, 0.05) is 35.3 Å². The Hall–Kier alpha value is -5.03. The molecule has 6 aromatic rings. The summed E-state index contributed by atoms with van der Waals surface area (Å²) < 4.78 is 14.1. The van der Waals surface area contributed by atoms with E-state index in [4.69, 9.17) is 0 Å². The third-order valence-corrected chi connectivity index (χ3v) is 6.21. The quantitative estimate of drug-likeness (QED) is 0.293. The highest BCUT2D eigenvalue weighted by Crippen LogP contribution is 2.32. The Labute approximate surface area is 222 Å². The zero-order valence-corrected chi connectivity index (χ0v) is 21.5. The zero-order valence-electron chi connectivity index (χ0n) is 21.5. The van der Waals surface area contributed by atoms with E-state index < -0.39 is 0 Å². The van der Waals surface area contributed by atoms with E-state index in [9.17, 15) is 9.18 Å². The molecule has 1 amide bonds. The van der Waals surface area contributed by atoms with E-state index in [0.717, 1.165) is 33.2 Å². The number of halogens is 1. The summed E-state index contributed by atoms with van der Waals surface area (Å²) in [6.07, 6.45) is 6.68. The van der Waals surface area contributed by atoms with Crippen LogP contribution in [0, 0.1) is 12.7 Å². The lowest BCUT2D eigenvalue weighted by molar-refractivity contribution is -0.116. The number of imidazole rings is 1. The van der Waals surface area contributed by atoms with E-state index in [0.29, 0.717) is 34.0 Å². The van der Waals surface area contributed by atoms with Gasteiger partial charge in [-0.15, -0.1) is 0 Å². The Bertz CT molecular complexity index is 1840. The molecule has 0 bridgehead atoms. The minimum absolute atomic E-state index is 0.129. The number of anilines is 1. The number of carbonyl (C=O) groups is 1. The number of aryl methyl sites for hydroxylation is 1. The third-order valence-electron chi connectivity index (χ3n) is 6.21. The molecule has 0 aliphatic heterocycles. The summed E-state index contributed by atoms with van der Waals surface area (Å²) in [5.74, 6) is 0.0990. The molecule has 1 aromatic carbocycles. The number of benzene rings is 1. The van der Waals surface area contributed by atoms with Crippen molar-refractivity contribution in [3.63, 3.8) is 0 Å². The number of amides is 1. The molecule has 11 heteroatoms. The highest BCUT2D eigenvalue weighted by Gasteiger charge is 2.17. The first-order valence-corrected chi connectivity index (χ1v) is 12.2. The van der Waals surface area contributed by atoms with E-state index in [2.05, 4.69) is 40.4 Å². The van der Waals surface area contributed by atoms with Crippen molar-refractivity contribution in [3.05, 3.63) is 72.6 Å². The van der Waals surface area contributed by atoms with Crippen LogP contribution in [0.3, 0.4) is 0 Å². The number of aromatic amines is 2. The molecule has 5 aromatic heterocycles. The first-order chi connectivity index (χ1) is 18.8. The molecule has 194 valence electrons. The number of rotatable bonds is 6. The molecule has 0 radical (unpaired) electrons. The standard InChI is InChI=1S/C28H24FN9O/c1-15-6-16(8-19(29)7-15)21-4-5-31-27-24(21)34-28(35-27)25-22-10-18(12-32-26(22)37-36-25)17-9-20(13-30-11-17)33-23(39)14-38(2)3/h4-13H,14H2,1-3H3,(H,33,39)(H,31,34,35)(H,32,36,37). The van der Waals surface area contributed by atoms with Crippen LogP contribution in [-0.4, -0.2) is 66.6 Å². The van der Waals surface area contributed by atoms with Gasteiger partial charge in [0.25, 0.3) is 0 Å². The number of fused-ring (bicyclic) bond motifs is 2. The molecule has 0 fully saturated rings. The van der Waals surface area contributed by atoms with E-state index in [1.165, 1.54) is 12.1 Å². The van der Waals surface area contributed by atoms with Gasteiger partial charge >= 0.3 is 0 Å². The minimum Gasteiger partial charge on any atom is -0.335 e. The fourth-order valence-corrected chi connectivity index (χ4v) is 4.55. The van der Waals surface area contributed by atoms with E-state index in [-0.39, 0.29) is 18.3 Å². The average molecular weight is 522 g/mol. The fourth-order valence-electron chi connectivity index (χ4n) is 4.55. The summed E-state index contributed by atoms with van der Waals surface area (Å²) in [5, 5.41) is 11.0. The van der Waals surface area contributed by atoms with Crippen molar-refractivity contribution in [2.75, 3.05) is 26.0 Å². The summed E-state index contributed by atoms with van der Waals surface area (Å²) in [5.41, 5.74) is 6.88. The predicted molar refractivity (Wildman–Crippen MR) is 147 cm³/mol. The molecule has 0 unspecified atom stereocenters. The number of pyridine rings is 3. The molecular formula is C28H24FN9O. The zero-order chi connectivity index (χ0) is 27.1. The normalized spacial score (nSPS) is 11.5. The second-order valence-electron chi connectivity index (χ2n) is 9.60. The summed E-state index contributed by atoms with van der Waals surface area (Å²) >= 11 is 0. The maximum atomic E-state index is 14.1. The number of nitrogens with zero attached hydrogens (tertiary/aromatic N) is 6. The molecule has 5 heterocycles. The molecule has 39 heavy (non-hydrogen) atoms. The molecule has 6 rings (SSSR count). The van der Waals surface area contributed by atoms with Crippen molar-refractivity contribution in [1.29, 1.82) is 0 Å². The van der Waals surface area contributed by atoms with Crippen LogP contribution < -0.4 is 5.32 Å². The van der Waals surface area contributed by atoms with Crippen molar-refractivity contribution < 1.29 is 9.18 Å². The lowest BCUT2D eigenvalue weighted by Crippen LogP contribution is -2.27. The van der Waals surface area contributed by atoms with Gasteiger partial charge in [0.2, 0.25) is 5.91 Å². The van der Waals surface area contributed by atoms with Gasteiger partial charge in [0.15, 0.2) is 17.1 Å². The highest BCUT2D eigenvalue weighted by molar-refractivity contribution is 5.96. The van der Waals surface area contributed by atoms with Crippen molar-refractivity contribution in [3.8, 4) is 33.8 Å². The first kappa shape index (κ1) is 24.3. The number of nitrogens with one attached hydrogen (secondary N) is 3. The molecule has 10 nitrogen and oxygen atoms in total. The van der Waals surface area contributed by atoms with Crippen LogP contribution in [0.4, 0.5) is 10.1 Å². The molecule has 0 saturated heterocycles. The second kappa shape index (κ2) is 9.69. The monoisotopic (exact) mass is 521 g/mol. The SMILES string of the molecule is Cc1cc(F)cc(-c2ccnc3nc(-c4[nH]nc5ncc(-c6cncc(NC(=O)CN(C)C)c6)cc45)[nH]c23)c1. The molecule has 3 N–H and O–H groups in total. The lowest BCUT2D eigenvalue weighted by atomic mass is 10.0. The minimum atomic E-state index is -0.302. The largest absolute Gasteiger partial charge is 0.335 e.